The van der Waals surface area contributed by atoms with Gasteiger partial charge in [-0.25, -0.2) is 0 Å². The SMILES string of the molecule is COc1ccccc1Cn1c(C)cc(NCCc2ccccc2)cc1=O. The summed E-state index contributed by atoms with van der Waals surface area (Å²) in [6, 6.07) is 21.8. The van der Waals surface area contributed by atoms with Gasteiger partial charge in [-0.05, 0) is 31.0 Å². The summed E-state index contributed by atoms with van der Waals surface area (Å²) in [5.74, 6) is 0.795. The zero-order chi connectivity index (χ0) is 18.4. The molecule has 4 nitrogen and oxygen atoms in total. The molecule has 1 heterocycles. The van der Waals surface area contributed by atoms with Crippen LogP contribution in [0.25, 0.3) is 0 Å². The van der Waals surface area contributed by atoms with Crippen molar-refractivity contribution in [2.24, 2.45) is 0 Å². The lowest BCUT2D eigenvalue weighted by Crippen LogP contribution is -2.23. The number of nitrogens with zero attached hydrogens (tertiary/aromatic N) is 1. The molecule has 0 atom stereocenters. The molecule has 26 heavy (non-hydrogen) atoms. The minimum atomic E-state index is -0.0156. The number of hydrogen-bond acceptors (Lipinski definition) is 3. The lowest BCUT2D eigenvalue weighted by molar-refractivity contribution is 0.408. The average molecular weight is 348 g/mol. The highest BCUT2D eigenvalue weighted by Crippen LogP contribution is 2.19. The molecule has 4 heteroatoms. The van der Waals surface area contributed by atoms with Gasteiger partial charge in [0, 0.05) is 29.6 Å². The van der Waals surface area contributed by atoms with Crippen LogP contribution in [0.5, 0.6) is 5.75 Å². The maximum Gasteiger partial charge on any atom is 0.253 e. The van der Waals surface area contributed by atoms with E-state index in [2.05, 4.69) is 17.4 Å². The van der Waals surface area contributed by atoms with Crippen molar-refractivity contribution in [2.45, 2.75) is 19.9 Å². The molecule has 0 amide bonds. The molecule has 0 saturated heterocycles. The largest absolute Gasteiger partial charge is 0.496 e. The molecule has 0 aliphatic carbocycles. The number of aromatic nitrogens is 1. The molecule has 3 rings (SSSR count). The van der Waals surface area contributed by atoms with Crippen molar-refractivity contribution in [3.63, 3.8) is 0 Å². The molecular formula is C22H24N2O2. The first kappa shape index (κ1) is 17.8. The highest BCUT2D eigenvalue weighted by Gasteiger charge is 2.08. The normalized spacial score (nSPS) is 10.5. The van der Waals surface area contributed by atoms with Gasteiger partial charge >= 0.3 is 0 Å². The van der Waals surface area contributed by atoms with Crippen LogP contribution in [-0.2, 0) is 13.0 Å². The first-order valence-corrected chi connectivity index (χ1v) is 8.78. The fourth-order valence-corrected chi connectivity index (χ4v) is 3.03. The number of benzene rings is 2. The molecule has 2 aromatic carbocycles. The lowest BCUT2D eigenvalue weighted by atomic mass is 10.1. The Bertz CT molecular complexity index is 917. The molecule has 0 aliphatic heterocycles. The van der Waals surface area contributed by atoms with Gasteiger partial charge in [0.1, 0.15) is 5.75 Å². The summed E-state index contributed by atoms with van der Waals surface area (Å²) in [4.78, 5) is 12.6. The van der Waals surface area contributed by atoms with Crippen LogP contribution < -0.4 is 15.6 Å². The van der Waals surface area contributed by atoms with Crippen molar-refractivity contribution >= 4 is 5.69 Å². The van der Waals surface area contributed by atoms with E-state index in [9.17, 15) is 4.79 Å². The van der Waals surface area contributed by atoms with Crippen molar-refractivity contribution in [2.75, 3.05) is 19.0 Å². The fraction of sp³-hybridized carbons (Fsp3) is 0.227. The summed E-state index contributed by atoms with van der Waals surface area (Å²) in [5, 5.41) is 3.35. The Morgan fingerprint density at radius 3 is 2.46 bits per heavy atom. The second-order valence-electron chi connectivity index (χ2n) is 6.28. The van der Waals surface area contributed by atoms with Crippen molar-refractivity contribution in [3.8, 4) is 5.75 Å². The van der Waals surface area contributed by atoms with Gasteiger partial charge < -0.3 is 14.6 Å². The molecule has 0 saturated carbocycles. The summed E-state index contributed by atoms with van der Waals surface area (Å²) in [6.07, 6.45) is 0.921. The number of nitrogens with one attached hydrogen (secondary N) is 1. The standard InChI is InChI=1S/C22H24N2O2/c1-17-14-20(23-13-12-18-8-4-3-5-9-18)15-22(25)24(17)16-19-10-6-7-11-21(19)26-2/h3-11,14-15,23H,12-13,16H2,1-2H3. The van der Waals surface area contributed by atoms with E-state index in [1.54, 1.807) is 17.7 Å². The maximum absolute atomic E-state index is 12.6. The van der Waals surface area contributed by atoms with Crippen LogP contribution in [0.3, 0.4) is 0 Å². The van der Waals surface area contributed by atoms with Crippen molar-refractivity contribution in [3.05, 3.63) is 93.9 Å². The van der Waals surface area contributed by atoms with Gasteiger partial charge in [0.25, 0.3) is 5.56 Å². The quantitative estimate of drug-likeness (QED) is 0.705. The molecule has 0 radical (unpaired) electrons. The maximum atomic E-state index is 12.6. The molecule has 0 spiro atoms. The first-order chi connectivity index (χ1) is 12.7. The number of hydrogen-bond donors (Lipinski definition) is 1. The molecule has 1 N–H and O–H groups in total. The second-order valence-corrected chi connectivity index (χ2v) is 6.28. The Morgan fingerprint density at radius 1 is 1.00 bits per heavy atom. The van der Waals surface area contributed by atoms with E-state index in [1.165, 1.54) is 5.56 Å². The van der Waals surface area contributed by atoms with Gasteiger partial charge in [-0.15, -0.1) is 0 Å². The summed E-state index contributed by atoms with van der Waals surface area (Å²) >= 11 is 0. The Hall–Kier alpha value is -3.01. The number of aryl methyl sites for hydroxylation is 1. The molecule has 134 valence electrons. The highest BCUT2D eigenvalue weighted by molar-refractivity contribution is 5.44. The first-order valence-electron chi connectivity index (χ1n) is 8.78. The van der Waals surface area contributed by atoms with E-state index in [4.69, 9.17) is 4.74 Å². The average Bonchev–Trinajstić information content (AvgIpc) is 2.66. The number of pyridine rings is 1. The van der Waals surface area contributed by atoms with Gasteiger partial charge in [-0.2, -0.15) is 0 Å². The molecule has 0 fully saturated rings. The molecular weight excluding hydrogens is 324 g/mol. The van der Waals surface area contributed by atoms with Crippen LogP contribution in [-0.4, -0.2) is 18.2 Å². The molecule has 0 unspecified atom stereocenters. The minimum absolute atomic E-state index is 0.0156. The Labute approximate surface area is 154 Å². The molecule has 0 bridgehead atoms. The van der Waals surface area contributed by atoms with Crippen LogP contribution in [0.2, 0.25) is 0 Å². The van der Waals surface area contributed by atoms with Crippen molar-refractivity contribution in [1.29, 1.82) is 0 Å². The Kier molecular flexibility index (Phi) is 5.74. The predicted molar refractivity (Wildman–Crippen MR) is 106 cm³/mol. The second kappa shape index (κ2) is 8.39. The summed E-state index contributed by atoms with van der Waals surface area (Å²) in [5.41, 5.74) is 4.04. The monoisotopic (exact) mass is 348 g/mol. The number of anilines is 1. The molecule has 1 aromatic heterocycles. The van der Waals surface area contributed by atoms with E-state index in [0.29, 0.717) is 6.54 Å². The van der Waals surface area contributed by atoms with Crippen LogP contribution in [0, 0.1) is 6.92 Å². The van der Waals surface area contributed by atoms with E-state index in [0.717, 1.165) is 35.7 Å². The third-order valence-electron chi connectivity index (χ3n) is 4.44. The van der Waals surface area contributed by atoms with Gasteiger partial charge in [0.15, 0.2) is 0 Å². The lowest BCUT2D eigenvalue weighted by Gasteiger charge is -2.14. The molecule has 0 aliphatic rings. The summed E-state index contributed by atoms with van der Waals surface area (Å²) < 4.78 is 7.15. The van der Waals surface area contributed by atoms with Gasteiger partial charge in [0.2, 0.25) is 0 Å². The van der Waals surface area contributed by atoms with Crippen LogP contribution in [0.15, 0.2) is 71.5 Å². The summed E-state index contributed by atoms with van der Waals surface area (Å²) in [7, 11) is 1.65. The van der Waals surface area contributed by atoms with Crippen molar-refractivity contribution in [1.82, 2.24) is 4.57 Å². The smallest absolute Gasteiger partial charge is 0.253 e. The van der Waals surface area contributed by atoms with Gasteiger partial charge in [-0.1, -0.05) is 48.5 Å². The van der Waals surface area contributed by atoms with Crippen LogP contribution in [0.1, 0.15) is 16.8 Å². The zero-order valence-electron chi connectivity index (χ0n) is 15.2. The Balaban J connectivity index is 1.71. The fourth-order valence-electron chi connectivity index (χ4n) is 3.03. The van der Waals surface area contributed by atoms with E-state index < -0.39 is 0 Å². The van der Waals surface area contributed by atoms with E-state index in [-0.39, 0.29) is 5.56 Å². The van der Waals surface area contributed by atoms with Crippen LogP contribution in [0.4, 0.5) is 5.69 Å². The Morgan fingerprint density at radius 2 is 1.73 bits per heavy atom. The minimum Gasteiger partial charge on any atom is -0.496 e. The topological polar surface area (TPSA) is 43.3 Å². The number of rotatable bonds is 7. The summed E-state index contributed by atoms with van der Waals surface area (Å²) in [6.45, 7) is 3.25. The zero-order valence-corrected chi connectivity index (χ0v) is 15.2. The number of ether oxygens (including phenoxy) is 1. The number of methoxy groups -OCH3 is 1. The van der Waals surface area contributed by atoms with Gasteiger partial charge in [-0.3, -0.25) is 4.79 Å². The third kappa shape index (κ3) is 4.33. The third-order valence-corrected chi connectivity index (χ3v) is 4.44. The highest BCUT2D eigenvalue weighted by atomic mass is 16.5. The van der Waals surface area contributed by atoms with E-state index in [1.807, 2.05) is 55.5 Å². The van der Waals surface area contributed by atoms with Crippen molar-refractivity contribution < 1.29 is 4.74 Å². The molecule has 3 aromatic rings. The predicted octanol–water partition coefficient (Wildman–Crippen LogP) is 3.87. The van der Waals surface area contributed by atoms with E-state index >= 15 is 0 Å². The number of para-hydroxylation sites is 1. The van der Waals surface area contributed by atoms with Gasteiger partial charge in [0.05, 0.1) is 13.7 Å². The van der Waals surface area contributed by atoms with Crippen LogP contribution >= 0.6 is 0 Å².